The van der Waals surface area contributed by atoms with Crippen molar-refractivity contribution in [2.24, 2.45) is 0 Å². The van der Waals surface area contributed by atoms with Crippen LogP contribution in [0.25, 0.3) is 10.6 Å². The van der Waals surface area contributed by atoms with Gasteiger partial charge >= 0.3 is 0 Å². The monoisotopic (exact) mass is 267 g/mol. The smallest absolute Gasteiger partial charge is 0.159 e. The summed E-state index contributed by atoms with van der Waals surface area (Å²) in [5.74, 6) is -1.73. The molecule has 0 aliphatic heterocycles. The first-order valence-corrected chi connectivity index (χ1v) is 6.60. The zero-order chi connectivity index (χ0) is 12.7. The Bertz CT molecular complexity index is 597. The molecule has 0 fully saturated rings. The molecule has 94 valence electrons. The van der Waals surface area contributed by atoms with Crippen molar-refractivity contribution in [3.8, 4) is 10.6 Å². The minimum atomic E-state index is -0.874. The topological polar surface area (TPSA) is 33.1 Å². The highest BCUT2D eigenvalue weighted by Crippen LogP contribution is 2.37. The van der Waals surface area contributed by atoms with E-state index in [2.05, 4.69) is 4.98 Å². The third-order valence-corrected chi connectivity index (χ3v) is 4.27. The van der Waals surface area contributed by atoms with E-state index < -0.39 is 17.7 Å². The highest BCUT2D eigenvalue weighted by atomic mass is 32.1. The third-order valence-electron chi connectivity index (χ3n) is 3.09. The Kier molecular flexibility index (Phi) is 2.87. The number of aliphatic hydroxyl groups excluding tert-OH is 1. The van der Waals surface area contributed by atoms with Gasteiger partial charge in [-0.05, 0) is 37.5 Å². The number of hydrogen-bond acceptors (Lipinski definition) is 3. The minimum absolute atomic E-state index is 0.524. The third kappa shape index (κ3) is 1.93. The maximum Gasteiger partial charge on any atom is 0.159 e. The van der Waals surface area contributed by atoms with Crippen LogP contribution in [-0.2, 0) is 6.42 Å². The number of aliphatic hydroxyl groups is 1. The number of hydrogen-bond donors (Lipinski definition) is 1. The second-order valence-electron chi connectivity index (χ2n) is 4.36. The van der Waals surface area contributed by atoms with Gasteiger partial charge in [0.05, 0.1) is 11.8 Å². The summed E-state index contributed by atoms with van der Waals surface area (Å²) in [6, 6.07) is 3.75. The van der Waals surface area contributed by atoms with E-state index in [-0.39, 0.29) is 0 Å². The summed E-state index contributed by atoms with van der Waals surface area (Å²) in [6.45, 7) is 0. The average Bonchev–Trinajstić information content (AvgIpc) is 2.78. The molecule has 0 saturated heterocycles. The number of thiazole rings is 1. The van der Waals surface area contributed by atoms with Gasteiger partial charge in [0.1, 0.15) is 5.01 Å². The molecule has 2 nitrogen and oxygen atoms in total. The molecule has 0 radical (unpaired) electrons. The predicted molar refractivity (Wildman–Crippen MR) is 65.4 cm³/mol. The lowest BCUT2D eigenvalue weighted by atomic mass is 10.0. The molecule has 1 aromatic carbocycles. The molecule has 2 aromatic rings. The van der Waals surface area contributed by atoms with Gasteiger partial charge in [0.2, 0.25) is 0 Å². The molecular weight excluding hydrogens is 256 g/mol. The summed E-state index contributed by atoms with van der Waals surface area (Å²) in [5.41, 5.74) is 1.26. The van der Waals surface area contributed by atoms with Crippen LogP contribution in [0.3, 0.4) is 0 Å². The second kappa shape index (κ2) is 4.40. The molecular formula is C13H11F2NOS. The molecule has 0 bridgehead atoms. The predicted octanol–water partition coefficient (Wildman–Crippen LogP) is 3.46. The van der Waals surface area contributed by atoms with Crippen molar-refractivity contribution in [1.29, 1.82) is 0 Å². The lowest BCUT2D eigenvalue weighted by Gasteiger charge is -2.14. The number of halogens is 2. The lowest BCUT2D eigenvalue weighted by molar-refractivity contribution is 0.153. The number of nitrogens with zero attached hydrogens (tertiary/aromatic N) is 1. The van der Waals surface area contributed by atoms with Crippen LogP contribution in [0.2, 0.25) is 0 Å². The van der Waals surface area contributed by atoms with E-state index in [0.717, 1.165) is 29.9 Å². The van der Waals surface area contributed by atoms with Crippen LogP contribution in [0.15, 0.2) is 18.2 Å². The first kappa shape index (κ1) is 11.7. The fraction of sp³-hybridized carbons (Fsp3) is 0.308. The highest BCUT2D eigenvalue weighted by molar-refractivity contribution is 7.15. The van der Waals surface area contributed by atoms with E-state index >= 15 is 0 Å². The normalized spacial score (nSPS) is 18.7. The summed E-state index contributed by atoms with van der Waals surface area (Å²) in [4.78, 5) is 5.40. The van der Waals surface area contributed by atoms with Crippen LogP contribution >= 0.6 is 11.3 Å². The zero-order valence-corrected chi connectivity index (χ0v) is 10.3. The van der Waals surface area contributed by atoms with Gasteiger partial charge in [-0.2, -0.15) is 0 Å². The molecule has 1 atom stereocenters. The molecule has 1 aliphatic carbocycles. The Morgan fingerprint density at radius 2 is 2.11 bits per heavy atom. The molecule has 0 spiro atoms. The fourth-order valence-corrected chi connectivity index (χ4v) is 3.30. The quantitative estimate of drug-likeness (QED) is 0.858. The van der Waals surface area contributed by atoms with Crippen molar-refractivity contribution in [3.05, 3.63) is 40.4 Å². The second-order valence-corrected chi connectivity index (χ2v) is 5.45. The number of rotatable bonds is 1. The molecule has 1 aromatic heterocycles. The van der Waals surface area contributed by atoms with E-state index in [1.54, 1.807) is 0 Å². The van der Waals surface area contributed by atoms with Gasteiger partial charge in [-0.25, -0.2) is 13.8 Å². The van der Waals surface area contributed by atoms with Gasteiger partial charge < -0.3 is 5.11 Å². The summed E-state index contributed by atoms with van der Waals surface area (Å²) in [6.07, 6.45) is 2.03. The molecule has 18 heavy (non-hydrogen) atoms. The van der Waals surface area contributed by atoms with Gasteiger partial charge in [-0.15, -0.1) is 11.3 Å². The van der Waals surface area contributed by atoms with Crippen molar-refractivity contribution >= 4 is 11.3 Å². The van der Waals surface area contributed by atoms with Crippen LogP contribution in [0, 0.1) is 11.6 Å². The average molecular weight is 267 g/mol. The summed E-state index contributed by atoms with van der Waals surface area (Å²) < 4.78 is 26.0. The Labute approximate surface area is 107 Å². The standard InChI is InChI=1S/C13H11F2NOS/c14-8-5-4-7(6-9(8)15)13-16-12-10(17)2-1-3-11(12)18-13/h4-6,10,17H,1-3H2. The molecule has 1 aliphatic rings. The van der Waals surface area contributed by atoms with Gasteiger partial charge in [0.25, 0.3) is 0 Å². The minimum Gasteiger partial charge on any atom is -0.387 e. The van der Waals surface area contributed by atoms with E-state index in [9.17, 15) is 13.9 Å². The molecule has 3 rings (SSSR count). The Balaban J connectivity index is 2.04. The first-order valence-electron chi connectivity index (χ1n) is 5.78. The molecule has 1 unspecified atom stereocenters. The Morgan fingerprint density at radius 1 is 1.28 bits per heavy atom. The van der Waals surface area contributed by atoms with E-state index in [0.29, 0.717) is 22.7 Å². The van der Waals surface area contributed by atoms with Gasteiger partial charge in [-0.1, -0.05) is 0 Å². The SMILES string of the molecule is OC1CCCc2sc(-c3ccc(F)c(F)c3)nc21. The number of aryl methyl sites for hydroxylation is 1. The maximum atomic E-state index is 13.2. The fourth-order valence-electron chi connectivity index (χ4n) is 2.15. The highest BCUT2D eigenvalue weighted by Gasteiger charge is 2.23. The van der Waals surface area contributed by atoms with Crippen molar-refractivity contribution in [1.82, 2.24) is 4.98 Å². The van der Waals surface area contributed by atoms with Crippen molar-refractivity contribution in [3.63, 3.8) is 0 Å². The van der Waals surface area contributed by atoms with Gasteiger partial charge in [0, 0.05) is 10.4 Å². The van der Waals surface area contributed by atoms with Crippen LogP contribution in [0.5, 0.6) is 0 Å². The van der Waals surface area contributed by atoms with E-state index in [1.165, 1.54) is 17.4 Å². The van der Waals surface area contributed by atoms with Crippen LogP contribution < -0.4 is 0 Å². The van der Waals surface area contributed by atoms with Crippen LogP contribution in [0.4, 0.5) is 8.78 Å². The Morgan fingerprint density at radius 3 is 2.83 bits per heavy atom. The largest absolute Gasteiger partial charge is 0.387 e. The van der Waals surface area contributed by atoms with E-state index in [1.807, 2.05) is 0 Å². The zero-order valence-electron chi connectivity index (χ0n) is 9.49. The number of fused-ring (bicyclic) bond motifs is 1. The molecule has 5 heteroatoms. The molecule has 1 N–H and O–H groups in total. The first-order chi connectivity index (χ1) is 8.65. The summed E-state index contributed by atoms with van der Waals surface area (Å²) in [5, 5.41) is 10.5. The summed E-state index contributed by atoms with van der Waals surface area (Å²) >= 11 is 1.45. The van der Waals surface area contributed by atoms with Crippen molar-refractivity contribution < 1.29 is 13.9 Å². The maximum absolute atomic E-state index is 13.2. The molecule has 0 amide bonds. The van der Waals surface area contributed by atoms with Gasteiger partial charge in [-0.3, -0.25) is 0 Å². The summed E-state index contributed by atoms with van der Waals surface area (Å²) in [7, 11) is 0. The van der Waals surface area contributed by atoms with Gasteiger partial charge in [0.15, 0.2) is 11.6 Å². The van der Waals surface area contributed by atoms with Crippen LogP contribution in [-0.4, -0.2) is 10.1 Å². The van der Waals surface area contributed by atoms with Crippen molar-refractivity contribution in [2.75, 3.05) is 0 Å². The Hall–Kier alpha value is -1.33. The number of aromatic nitrogens is 1. The lowest BCUT2D eigenvalue weighted by Crippen LogP contribution is -2.07. The molecule has 0 saturated carbocycles. The van der Waals surface area contributed by atoms with E-state index in [4.69, 9.17) is 0 Å². The van der Waals surface area contributed by atoms with Crippen LogP contribution in [0.1, 0.15) is 29.5 Å². The van der Waals surface area contributed by atoms with Crippen molar-refractivity contribution in [2.45, 2.75) is 25.4 Å². The number of benzene rings is 1. The molecule has 1 heterocycles.